The van der Waals surface area contributed by atoms with Gasteiger partial charge < -0.3 is 66.6 Å². The second-order valence-electron chi connectivity index (χ2n) is 13.5. The van der Waals surface area contributed by atoms with Crippen LogP contribution in [0.4, 0.5) is 0 Å². The lowest BCUT2D eigenvalue weighted by Gasteiger charge is -2.27. The highest BCUT2D eigenvalue weighted by atomic mass is 16.6. The lowest BCUT2D eigenvalue weighted by molar-refractivity contribution is -0.140. The fraction of sp³-hybridized carbons (Fsp3) is 0.714. The molecule has 0 bridgehead atoms. The van der Waals surface area contributed by atoms with E-state index in [1.807, 2.05) is 0 Å². The van der Waals surface area contributed by atoms with Crippen LogP contribution < -0.4 is 0 Å². The summed E-state index contributed by atoms with van der Waals surface area (Å²) < 4.78 is 63.0. The molecule has 0 radical (unpaired) electrons. The van der Waals surface area contributed by atoms with Crippen molar-refractivity contribution in [3.05, 3.63) is 49.1 Å². The van der Waals surface area contributed by atoms with E-state index < -0.39 is 23.9 Å². The molecule has 354 valence electrons. The van der Waals surface area contributed by atoms with Crippen LogP contribution in [0, 0.1) is 0 Å². The lowest BCUT2D eigenvalue weighted by Crippen LogP contribution is -2.37. The first-order valence-corrected chi connectivity index (χ1v) is 21.2. The minimum atomic E-state index is -0.548. The Kier molecular flexibility index (Phi) is 33.8. The van der Waals surface area contributed by atoms with Crippen molar-refractivity contribution in [2.24, 2.45) is 0 Å². The van der Waals surface area contributed by atoms with Gasteiger partial charge in [-0.1, -0.05) is 0 Å². The summed E-state index contributed by atoms with van der Waals surface area (Å²) in [5.74, 6) is -2.12. The van der Waals surface area contributed by atoms with E-state index >= 15 is 0 Å². The molecule has 0 saturated carbocycles. The highest BCUT2D eigenvalue weighted by Crippen LogP contribution is 2.04. The molecule has 0 spiro atoms. The topological polar surface area (TPSA) is 192 Å². The summed E-state index contributed by atoms with van der Waals surface area (Å²) in [5, 5.41) is 0. The van der Waals surface area contributed by atoms with Crippen molar-refractivity contribution >= 4 is 23.9 Å². The van der Waals surface area contributed by atoms with Gasteiger partial charge in [-0.25, -0.2) is 19.2 Å². The van der Waals surface area contributed by atoms with Crippen molar-refractivity contribution in [3.63, 3.8) is 0 Å². The predicted molar refractivity (Wildman–Crippen MR) is 225 cm³/mol. The van der Waals surface area contributed by atoms with Crippen LogP contribution in [0.5, 0.6) is 0 Å². The molecule has 2 fully saturated rings. The molecule has 62 heavy (non-hydrogen) atoms. The molecule has 0 aromatic heterocycles. The second kappa shape index (κ2) is 38.7. The molecule has 2 aliphatic heterocycles. The Morgan fingerprint density at radius 2 is 0.710 bits per heavy atom. The Morgan fingerprint density at radius 1 is 0.435 bits per heavy atom. The molecule has 0 aliphatic carbocycles. The molecule has 20 nitrogen and oxygen atoms in total. The minimum absolute atomic E-state index is 0.0550. The first kappa shape index (κ1) is 54.2. The number of nitrogens with zero attached hydrogens (tertiary/aromatic N) is 4. The van der Waals surface area contributed by atoms with Gasteiger partial charge in [-0.3, -0.25) is 9.80 Å². The summed E-state index contributed by atoms with van der Waals surface area (Å²) in [7, 11) is 3.11. The first-order chi connectivity index (χ1) is 30.4. The highest BCUT2D eigenvalue weighted by Gasteiger charge is 2.12. The van der Waals surface area contributed by atoms with Crippen LogP contribution in [-0.4, -0.2) is 229 Å². The maximum atomic E-state index is 12.3. The summed E-state index contributed by atoms with van der Waals surface area (Å²) in [6.07, 6.45) is 13.1. The largest absolute Gasteiger partial charge is 0.460 e. The molecule has 0 N–H and O–H groups in total. The molecule has 2 heterocycles. The number of morpholine rings is 2. The average molecular weight is 887 g/mol. The lowest BCUT2D eigenvalue weighted by atomic mass is 10.3. The van der Waals surface area contributed by atoms with Gasteiger partial charge in [0.05, 0.1) is 92.5 Å². The van der Waals surface area contributed by atoms with E-state index in [9.17, 15) is 19.2 Å². The Labute approximate surface area is 366 Å². The summed E-state index contributed by atoms with van der Waals surface area (Å²) >= 11 is 0. The fourth-order valence-corrected chi connectivity index (χ4v) is 5.44. The van der Waals surface area contributed by atoms with Gasteiger partial charge in [0.15, 0.2) is 0 Å². The second-order valence-corrected chi connectivity index (χ2v) is 13.5. The number of hydrogen-bond donors (Lipinski definition) is 0. The monoisotopic (exact) mass is 886 g/mol. The van der Waals surface area contributed by atoms with Crippen LogP contribution in [0.2, 0.25) is 0 Å². The standard InChI is InChI=1S/C42H70N4O16/c1-51-25-27-55-32-36-60-40(48)6-15-44(10-4-12-46-19-23-54-24-20-46)16-8-42(50)62-38-34-58-31-29-56-28-30-57-33-37-61-41(49)7-14-43(13-5-39(47)59-35-26-52-2)9-3-11-45-17-21-53-22-18-45/h5-8,13-16H,3-4,9-12,17-38H2,1-2H3/b13-5+,14-7+,15-6+,16-8+. The maximum Gasteiger partial charge on any atom is 0.332 e. The predicted octanol–water partition coefficient (Wildman–Crippen LogP) is 0.622. The number of ether oxygens (including phenoxy) is 12. The van der Waals surface area contributed by atoms with E-state index in [2.05, 4.69) is 9.80 Å². The van der Waals surface area contributed by atoms with Crippen molar-refractivity contribution in [3.8, 4) is 0 Å². The van der Waals surface area contributed by atoms with Crippen molar-refractivity contribution in [2.75, 3.05) is 186 Å². The van der Waals surface area contributed by atoms with Gasteiger partial charge in [0.1, 0.15) is 26.4 Å². The van der Waals surface area contributed by atoms with Gasteiger partial charge in [0.25, 0.3) is 0 Å². The van der Waals surface area contributed by atoms with Crippen LogP contribution >= 0.6 is 0 Å². The highest BCUT2D eigenvalue weighted by molar-refractivity contribution is 5.83. The zero-order valence-corrected chi connectivity index (χ0v) is 36.7. The third-order valence-corrected chi connectivity index (χ3v) is 8.72. The van der Waals surface area contributed by atoms with E-state index in [0.717, 1.165) is 52.1 Å². The quantitative estimate of drug-likeness (QED) is 0.0365. The van der Waals surface area contributed by atoms with E-state index in [-0.39, 0.29) is 46.2 Å². The van der Waals surface area contributed by atoms with Crippen molar-refractivity contribution in [2.45, 2.75) is 12.8 Å². The Morgan fingerprint density at radius 3 is 1.03 bits per heavy atom. The first-order valence-electron chi connectivity index (χ1n) is 21.2. The van der Waals surface area contributed by atoms with Crippen molar-refractivity contribution in [1.82, 2.24) is 19.6 Å². The minimum Gasteiger partial charge on any atom is -0.460 e. The van der Waals surface area contributed by atoms with Gasteiger partial charge in [0, 0.05) is 116 Å². The molecule has 2 aliphatic rings. The molecule has 0 amide bonds. The molecule has 0 atom stereocenters. The number of rotatable bonds is 37. The van der Waals surface area contributed by atoms with Crippen LogP contribution in [0.15, 0.2) is 49.1 Å². The van der Waals surface area contributed by atoms with Crippen LogP contribution in [0.1, 0.15) is 12.8 Å². The van der Waals surface area contributed by atoms with Gasteiger partial charge in [0.2, 0.25) is 0 Å². The number of hydrogen-bond acceptors (Lipinski definition) is 20. The van der Waals surface area contributed by atoms with Crippen molar-refractivity contribution < 1.29 is 76.0 Å². The van der Waals surface area contributed by atoms with Gasteiger partial charge in [-0.2, -0.15) is 0 Å². The number of carbonyl (C=O) groups excluding carboxylic acids is 4. The molecular formula is C42H70N4O16. The van der Waals surface area contributed by atoms with E-state index in [0.29, 0.717) is 85.8 Å². The van der Waals surface area contributed by atoms with Crippen LogP contribution in [0.25, 0.3) is 0 Å². The Bertz CT molecular complexity index is 1290. The van der Waals surface area contributed by atoms with E-state index in [1.54, 1.807) is 41.7 Å². The zero-order chi connectivity index (χ0) is 44.6. The molecular weight excluding hydrogens is 816 g/mol. The van der Waals surface area contributed by atoms with E-state index in [1.165, 1.54) is 31.4 Å². The number of carbonyl (C=O) groups is 4. The third kappa shape index (κ3) is 31.8. The van der Waals surface area contributed by atoms with Gasteiger partial charge >= 0.3 is 23.9 Å². The summed E-state index contributed by atoms with van der Waals surface area (Å²) in [4.78, 5) is 56.9. The average Bonchev–Trinajstić information content (AvgIpc) is 3.28. The summed E-state index contributed by atoms with van der Waals surface area (Å²) in [6, 6.07) is 0. The SMILES string of the molecule is COCCOCCOC(=O)/C=C/N(/C=C/C(=O)OCCOCCOCCOCCOC(=O)/C=C/N(/C=C/C(=O)OCCOC)CCCN1CCOCC1)CCCN1CCOCC1. The molecule has 2 saturated heterocycles. The smallest absolute Gasteiger partial charge is 0.332 e. The molecule has 0 aromatic rings. The Balaban J connectivity index is 1.56. The molecule has 0 aromatic carbocycles. The van der Waals surface area contributed by atoms with Gasteiger partial charge in [-0.05, 0) is 12.8 Å². The van der Waals surface area contributed by atoms with Crippen LogP contribution in [0.3, 0.4) is 0 Å². The van der Waals surface area contributed by atoms with Gasteiger partial charge in [-0.15, -0.1) is 0 Å². The van der Waals surface area contributed by atoms with Crippen LogP contribution in [-0.2, 0) is 76.0 Å². The van der Waals surface area contributed by atoms with E-state index in [4.69, 9.17) is 56.8 Å². The Hall–Kier alpha value is -3.96. The summed E-state index contributed by atoms with van der Waals surface area (Å²) in [5.41, 5.74) is 0. The number of esters is 4. The third-order valence-electron chi connectivity index (χ3n) is 8.72. The summed E-state index contributed by atoms with van der Waals surface area (Å²) in [6.45, 7) is 12.6. The molecule has 20 heteroatoms. The molecule has 2 rings (SSSR count). The molecule has 0 unspecified atom stereocenters. The fourth-order valence-electron chi connectivity index (χ4n) is 5.44. The van der Waals surface area contributed by atoms with Crippen molar-refractivity contribution in [1.29, 1.82) is 0 Å². The number of methoxy groups -OCH3 is 2. The normalized spacial score (nSPS) is 15.2. The zero-order valence-electron chi connectivity index (χ0n) is 36.7. The maximum absolute atomic E-state index is 12.3.